The summed E-state index contributed by atoms with van der Waals surface area (Å²) in [7, 11) is 0. The van der Waals surface area contributed by atoms with Gasteiger partial charge >= 0.3 is 0 Å². The molecule has 6 nitrogen and oxygen atoms in total. The van der Waals surface area contributed by atoms with Gasteiger partial charge in [-0.1, -0.05) is 19.3 Å². The molecule has 154 valence electrons. The van der Waals surface area contributed by atoms with E-state index in [2.05, 4.69) is 34.4 Å². The fraction of sp³-hybridized carbons (Fsp3) is 0.435. The molecule has 1 saturated carbocycles. The van der Waals surface area contributed by atoms with Crippen molar-refractivity contribution in [2.45, 2.75) is 52.0 Å². The molecule has 29 heavy (non-hydrogen) atoms. The lowest BCUT2D eigenvalue weighted by Crippen LogP contribution is -2.36. The molecule has 2 N–H and O–H groups in total. The van der Waals surface area contributed by atoms with Crippen LogP contribution in [0, 0.1) is 0 Å². The van der Waals surface area contributed by atoms with E-state index in [4.69, 9.17) is 0 Å². The van der Waals surface area contributed by atoms with Crippen LogP contribution in [0.25, 0.3) is 0 Å². The topological polar surface area (TPSA) is 74.3 Å². The van der Waals surface area contributed by atoms with Gasteiger partial charge in [-0.3, -0.25) is 14.6 Å². The first-order valence-electron chi connectivity index (χ1n) is 10.5. The summed E-state index contributed by atoms with van der Waals surface area (Å²) >= 11 is 0. The van der Waals surface area contributed by atoms with Crippen LogP contribution in [0.2, 0.25) is 0 Å². The standard InChI is InChI=1S/C23H30N4O2/c1-3-27(4-2)20-12-10-19(11-13-20)26-23(29)21-16-17(14-15-24-21)22(28)25-18-8-6-5-7-9-18/h10-16,18H,3-9H2,1-2H3,(H,25,28)(H,26,29). The van der Waals surface area contributed by atoms with Crippen LogP contribution in [0.3, 0.4) is 0 Å². The average Bonchev–Trinajstić information content (AvgIpc) is 2.76. The lowest BCUT2D eigenvalue weighted by atomic mass is 9.95. The van der Waals surface area contributed by atoms with Crippen molar-refractivity contribution in [3.63, 3.8) is 0 Å². The van der Waals surface area contributed by atoms with Crippen LogP contribution in [0.4, 0.5) is 11.4 Å². The van der Waals surface area contributed by atoms with E-state index in [1.165, 1.54) is 12.6 Å². The zero-order valence-corrected chi connectivity index (χ0v) is 17.3. The number of pyridine rings is 1. The smallest absolute Gasteiger partial charge is 0.274 e. The molecule has 2 aromatic rings. The van der Waals surface area contributed by atoms with Crippen LogP contribution < -0.4 is 15.5 Å². The number of hydrogen-bond acceptors (Lipinski definition) is 4. The molecule has 1 heterocycles. The number of aromatic nitrogens is 1. The molecule has 0 saturated heterocycles. The van der Waals surface area contributed by atoms with Gasteiger partial charge in [0, 0.05) is 42.3 Å². The number of nitrogens with one attached hydrogen (secondary N) is 2. The van der Waals surface area contributed by atoms with Crippen molar-refractivity contribution >= 4 is 23.2 Å². The second-order valence-corrected chi connectivity index (χ2v) is 7.41. The summed E-state index contributed by atoms with van der Waals surface area (Å²) in [5.41, 5.74) is 2.51. The van der Waals surface area contributed by atoms with E-state index in [1.807, 2.05) is 24.3 Å². The maximum atomic E-state index is 12.6. The van der Waals surface area contributed by atoms with Crippen LogP contribution in [0.5, 0.6) is 0 Å². The lowest BCUT2D eigenvalue weighted by Gasteiger charge is -2.22. The van der Waals surface area contributed by atoms with Crippen molar-refractivity contribution in [3.8, 4) is 0 Å². The SMILES string of the molecule is CCN(CC)c1ccc(NC(=O)c2cc(C(=O)NC3CCCCC3)ccn2)cc1. The van der Waals surface area contributed by atoms with Gasteiger partial charge in [0.1, 0.15) is 5.69 Å². The van der Waals surface area contributed by atoms with Gasteiger partial charge in [0.2, 0.25) is 0 Å². The minimum Gasteiger partial charge on any atom is -0.372 e. The van der Waals surface area contributed by atoms with E-state index < -0.39 is 0 Å². The third kappa shape index (κ3) is 5.56. The molecule has 1 aromatic carbocycles. The summed E-state index contributed by atoms with van der Waals surface area (Å²) in [4.78, 5) is 31.5. The van der Waals surface area contributed by atoms with Crippen LogP contribution >= 0.6 is 0 Å². The monoisotopic (exact) mass is 394 g/mol. The van der Waals surface area contributed by atoms with Crippen molar-refractivity contribution in [2.24, 2.45) is 0 Å². The zero-order valence-electron chi connectivity index (χ0n) is 17.3. The molecule has 1 aliphatic rings. The number of nitrogens with zero attached hydrogens (tertiary/aromatic N) is 2. The zero-order chi connectivity index (χ0) is 20.6. The van der Waals surface area contributed by atoms with Gasteiger partial charge in [0.15, 0.2) is 0 Å². The van der Waals surface area contributed by atoms with Crippen LogP contribution in [0.1, 0.15) is 66.8 Å². The molecule has 1 fully saturated rings. The van der Waals surface area contributed by atoms with E-state index in [-0.39, 0.29) is 23.6 Å². The highest BCUT2D eigenvalue weighted by Gasteiger charge is 2.18. The molecule has 6 heteroatoms. The van der Waals surface area contributed by atoms with Crippen LogP contribution in [-0.4, -0.2) is 35.9 Å². The van der Waals surface area contributed by atoms with Gasteiger partial charge in [-0.2, -0.15) is 0 Å². The van der Waals surface area contributed by atoms with Gasteiger partial charge < -0.3 is 15.5 Å². The van der Waals surface area contributed by atoms with Crippen molar-refractivity contribution < 1.29 is 9.59 Å². The van der Waals surface area contributed by atoms with E-state index in [0.717, 1.165) is 44.5 Å². The first-order valence-corrected chi connectivity index (χ1v) is 10.5. The maximum Gasteiger partial charge on any atom is 0.274 e. The third-order valence-corrected chi connectivity index (χ3v) is 5.45. The quantitative estimate of drug-likeness (QED) is 0.736. The third-order valence-electron chi connectivity index (χ3n) is 5.45. The average molecular weight is 395 g/mol. The number of anilines is 2. The molecule has 0 bridgehead atoms. The molecule has 1 aliphatic carbocycles. The number of carbonyl (C=O) groups excluding carboxylic acids is 2. The summed E-state index contributed by atoms with van der Waals surface area (Å²) in [5, 5.41) is 5.93. The summed E-state index contributed by atoms with van der Waals surface area (Å²) in [6, 6.07) is 11.2. The maximum absolute atomic E-state index is 12.6. The highest BCUT2D eigenvalue weighted by molar-refractivity contribution is 6.04. The van der Waals surface area contributed by atoms with E-state index in [9.17, 15) is 9.59 Å². The minimum atomic E-state index is -0.326. The fourth-order valence-corrected chi connectivity index (χ4v) is 3.75. The Labute approximate surface area is 172 Å². The van der Waals surface area contributed by atoms with Gasteiger partial charge in [-0.15, -0.1) is 0 Å². The summed E-state index contributed by atoms with van der Waals surface area (Å²) in [5.74, 6) is -0.468. The Morgan fingerprint density at radius 3 is 2.34 bits per heavy atom. The van der Waals surface area contributed by atoms with E-state index in [0.29, 0.717) is 11.3 Å². The Morgan fingerprint density at radius 1 is 1.00 bits per heavy atom. The van der Waals surface area contributed by atoms with Crippen LogP contribution in [-0.2, 0) is 0 Å². The normalized spacial score (nSPS) is 14.3. The van der Waals surface area contributed by atoms with Gasteiger partial charge in [0.25, 0.3) is 11.8 Å². The molecular formula is C23H30N4O2. The summed E-state index contributed by atoms with van der Waals surface area (Å²) in [6.07, 6.45) is 7.10. The number of amides is 2. The Hall–Kier alpha value is -2.89. The first kappa shape index (κ1) is 20.8. The summed E-state index contributed by atoms with van der Waals surface area (Å²) < 4.78 is 0. The largest absolute Gasteiger partial charge is 0.372 e. The predicted octanol–water partition coefficient (Wildman–Crippen LogP) is 4.24. The highest BCUT2D eigenvalue weighted by atomic mass is 16.2. The molecule has 0 atom stereocenters. The molecule has 0 spiro atoms. The van der Waals surface area contributed by atoms with Crippen molar-refractivity contribution in [1.82, 2.24) is 10.3 Å². The minimum absolute atomic E-state index is 0.142. The predicted molar refractivity (Wildman–Crippen MR) is 117 cm³/mol. The number of hydrogen-bond donors (Lipinski definition) is 2. The Kier molecular flexibility index (Phi) is 7.22. The second kappa shape index (κ2) is 10.0. The van der Waals surface area contributed by atoms with Crippen molar-refractivity contribution in [1.29, 1.82) is 0 Å². The molecule has 3 rings (SSSR count). The fourth-order valence-electron chi connectivity index (χ4n) is 3.75. The Balaban J connectivity index is 1.63. The van der Waals surface area contributed by atoms with E-state index in [1.54, 1.807) is 12.1 Å². The van der Waals surface area contributed by atoms with Gasteiger partial charge in [0.05, 0.1) is 0 Å². The number of rotatable bonds is 7. The van der Waals surface area contributed by atoms with Crippen LogP contribution in [0.15, 0.2) is 42.6 Å². The Morgan fingerprint density at radius 2 is 1.69 bits per heavy atom. The molecule has 2 amide bonds. The van der Waals surface area contributed by atoms with Crippen molar-refractivity contribution in [2.75, 3.05) is 23.3 Å². The number of benzene rings is 1. The highest BCUT2D eigenvalue weighted by Crippen LogP contribution is 2.19. The second-order valence-electron chi connectivity index (χ2n) is 7.41. The first-order chi connectivity index (χ1) is 14.1. The van der Waals surface area contributed by atoms with Gasteiger partial charge in [-0.05, 0) is 63.1 Å². The van der Waals surface area contributed by atoms with E-state index >= 15 is 0 Å². The lowest BCUT2D eigenvalue weighted by molar-refractivity contribution is 0.0927. The van der Waals surface area contributed by atoms with Gasteiger partial charge in [-0.25, -0.2) is 0 Å². The Bertz CT molecular complexity index is 825. The van der Waals surface area contributed by atoms with Crippen molar-refractivity contribution in [3.05, 3.63) is 53.9 Å². The molecule has 0 aliphatic heterocycles. The molecule has 1 aromatic heterocycles. The summed E-state index contributed by atoms with van der Waals surface area (Å²) in [6.45, 7) is 6.09. The molecular weight excluding hydrogens is 364 g/mol. The number of carbonyl (C=O) groups is 2. The molecule has 0 unspecified atom stereocenters. The molecule has 0 radical (unpaired) electrons.